The second kappa shape index (κ2) is 5.64. The van der Waals surface area contributed by atoms with Gasteiger partial charge in [-0.05, 0) is 25.5 Å². The number of halogens is 1. The Bertz CT molecular complexity index is 659. The van der Waals surface area contributed by atoms with Crippen LogP contribution in [0.3, 0.4) is 0 Å². The van der Waals surface area contributed by atoms with E-state index in [4.69, 9.17) is 9.84 Å². The van der Waals surface area contributed by atoms with Crippen LogP contribution in [0.4, 0.5) is 4.39 Å². The van der Waals surface area contributed by atoms with E-state index in [1.165, 1.54) is 18.5 Å². The Morgan fingerprint density at radius 3 is 2.80 bits per heavy atom. The summed E-state index contributed by atoms with van der Waals surface area (Å²) < 4.78 is 19.3. The molecule has 0 aliphatic rings. The summed E-state index contributed by atoms with van der Waals surface area (Å²) in [6.07, 6.45) is 1.58. The molecule has 6 heteroatoms. The molecule has 0 aliphatic heterocycles. The second-order valence-corrected chi connectivity index (χ2v) is 4.20. The molecule has 5 nitrogen and oxygen atoms in total. The first-order valence-electron chi connectivity index (χ1n) is 6.04. The van der Waals surface area contributed by atoms with Gasteiger partial charge in [-0.25, -0.2) is 9.78 Å². The monoisotopic (exact) mass is 276 g/mol. The Balaban J connectivity index is 2.42. The molecule has 0 saturated carbocycles. The second-order valence-electron chi connectivity index (χ2n) is 4.20. The van der Waals surface area contributed by atoms with E-state index >= 15 is 0 Å². The SMILES string of the molecule is CCc1ncnc(Oc2ccc(C)cc2C(=O)O)c1F. The molecule has 1 aromatic carbocycles. The number of aromatic carboxylic acids is 1. The van der Waals surface area contributed by atoms with Crippen LogP contribution >= 0.6 is 0 Å². The number of ether oxygens (including phenoxy) is 1. The maximum absolute atomic E-state index is 14.0. The molecular formula is C14H13FN2O3. The molecule has 2 rings (SSSR count). The van der Waals surface area contributed by atoms with Gasteiger partial charge in [-0.15, -0.1) is 0 Å². The maximum Gasteiger partial charge on any atom is 0.339 e. The standard InChI is InChI=1S/C14H13FN2O3/c1-3-10-12(15)13(17-7-16-10)20-11-5-4-8(2)6-9(11)14(18)19/h4-7H,3H2,1-2H3,(H,18,19). The lowest BCUT2D eigenvalue weighted by molar-refractivity contribution is 0.0694. The summed E-state index contributed by atoms with van der Waals surface area (Å²) in [5.74, 6) is -2.05. The Hall–Kier alpha value is -2.50. The molecule has 1 aromatic heterocycles. The molecule has 0 saturated heterocycles. The number of aromatic nitrogens is 2. The maximum atomic E-state index is 14.0. The average molecular weight is 276 g/mol. The lowest BCUT2D eigenvalue weighted by Crippen LogP contribution is -2.04. The molecular weight excluding hydrogens is 263 g/mol. The van der Waals surface area contributed by atoms with Crippen molar-refractivity contribution in [2.24, 2.45) is 0 Å². The highest BCUT2D eigenvalue weighted by molar-refractivity contribution is 5.91. The van der Waals surface area contributed by atoms with Gasteiger partial charge in [-0.1, -0.05) is 18.6 Å². The van der Waals surface area contributed by atoms with Crippen molar-refractivity contribution in [3.05, 3.63) is 47.2 Å². The largest absolute Gasteiger partial charge is 0.478 e. The zero-order chi connectivity index (χ0) is 14.7. The fourth-order valence-corrected chi connectivity index (χ4v) is 1.71. The third-order valence-corrected chi connectivity index (χ3v) is 2.74. The van der Waals surface area contributed by atoms with Crippen LogP contribution in [0.25, 0.3) is 0 Å². The number of carboxylic acids is 1. The van der Waals surface area contributed by atoms with Crippen LogP contribution in [0.1, 0.15) is 28.5 Å². The van der Waals surface area contributed by atoms with Gasteiger partial charge in [-0.2, -0.15) is 9.37 Å². The van der Waals surface area contributed by atoms with Gasteiger partial charge in [0.15, 0.2) is 0 Å². The van der Waals surface area contributed by atoms with Gasteiger partial charge in [0.2, 0.25) is 5.82 Å². The van der Waals surface area contributed by atoms with Crippen LogP contribution in [0.5, 0.6) is 11.6 Å². The van der Waals surface area contributed by atoms with Crippen LogP contribution in [-0.2, 0) is 6.42 Å². The van der Waals surface area contributed by atoms with Crippen molar-refractivity contribution in [1.82, 2.24) is 9.97 Å². The summed E-state index contributed by atoms with van der Waals surface area (Å²) in [5, 5.41) is 9.13. The van der Waals surface area contributed by atoms with Gasteiger partial charge in [-0.3, -0.25) is 0 Å². The third kappa shape index (κ3) is 2.74. The summed E-state index contributed by atoms with van der Waals surface area (Å²) in [6.45, 7) is 3.51. The Kier molecular flexibility index (Phi) is 3.93. The highest BCUT2D eigenvalue weighted by Crippen LogP contribution is 2.27. The quantitative estimate of drug-likeness (QED) is 0.929. The Labute approximate surface area is 115 Å². The number of carboxylic acid groups (broad SMARTS) is 1. The highest BCUT2D eigenvalue weighted by Gasteiger charge is 2.16. The topological polar surface area (TPSA) is 72.3 Å². The van der Waals surface area contributed by atoms with Crippen LogP contribution < -0.4 is 4.74 Å². The fourth-order valence-electron chi connectivity index (χ4n) is 1.71. The zero-order valence-electron chi connectivity index (χ0n) is 11.1. The first-order valence-corrected chi connectivity index (χ1v) is 6.04. The predicted molar refractivity (Wildman–Crippen MR) is 69.6 cm³/mol. The van der Waals surface area contributed by atoms with Gasteiger partial charge in [0.25, 0.3) is 5.88 Å². The van der Waals surface area contributed by atoms with E-state index in [1.54, 1.807) is 19.9 Å². The molecule has 104 valence electrons. The van der Waals surface area contributed by atoms with E-state index in [0.717, 1.165) is 5.56 Å². The van der Waals surface area contributed by atoms with Crippen LogP contribution in [0.15, 0.2) is 24.5 Å². The molecule has 20 heavy (non-hydrogen) atoms. The van der Waals surface area contributed by atoms with Crippen LogP contribution in [-0.4, -0.2) is 21.0 Å². The molecule has 0 spiro atoms. The first kappa shape index (κ1) is 13.9. The summed E-state index contributed by atoms with van der Waals surface area (Å²) in [4.78, 5) is 18.7. The molecule has 0 unspecified atom stereocenters. The van der Waals surface area contributed by atoms with Crippen molar-refractivity contribution in [2.45, 2.75) is 20.3 Å². The number of carbonyl (C=O) groups is 1. The molecule has 0 fully saturated rings. The van der Waals surface area contributed by atoms with E-state index in [9.17, 15) is 9.18 Å². The number of rotatable bonds is 4. The molecule has 1 N–H and O–H groups in total. The lowest BCUT2D eigenvalue weighted by Gasteiger charge is -2.10. The summed E-state index contributed by atoms with van der Waals surface area (Å²) in [7, 11) is 0. The molecule has 1 heterocycles. The highest BCUT2D eigenvalue weighted by atomic mass is 19.1. The van der Waals surface area contributed by atoms with Gasteiger partial charge in [0.05, 0.1) is 5.69 Å². The summed E-state index contributed by atoms with van der Waals surface area (Å²) in [5.41, 5.74) is 0.951. The number of hydrogen-bond donors (Lipinski definition) is 1. The van der Waals surface area contributed by atoms with Gasteiger partial charge in [0.1, 0.15) is 17.6 Å². The van der Waals surface area contributed by atoms with Gasteiger partial charge >= 0.3 is 5.97 Å². The lowest BCUT2D eigenvalue weighted by atomic mass is 10.1. The molecule has 0 amide bonds. The van der Waals surface area contributed by atoms with E-state index in [1.807, 2.05) is 0 Å². The van der Waals surface area contributed by atoms with Crippen molar-refractivity contribution < 1.29 is 19.0 Å². The van der Waals surface area contributed by atoms with E-state index < -0.39 is 11.8 Å². The first-order chi connectivity index (χ1) is 9.52. The Morgan fingerprint density at radius 2 is 2.15 bits per heavy atom. The molecule has 2 aromatic rings. The molecule has 0 atom stereocenters. The van der Waals surface area contributed by atoms with Gasteiger partial charge in [0, 0.05) is 0 Å². The van der Waals surface area contributed by atoms with E-state index in [0.29, 0.717) is 6.42 Å². The molecule has 0 aliphatic carbocycles. The smallest absolute Gasteiger partial charge is 0.339 e. The van der Waals surface area contributed by atoms with E-state index in [2.05, 4.69) is 9.97 Å². The average Bonchev–Trinajstić information content (AvgIpc) is 2.42. The zero-order valence-corrected chi connectivity index (χ0v) is 11.1. The third-order valence-electron chi connectivity index (χ3n) is 2.74. The minimum atomic E-state index is -1.14. The number of nitrogens with zero attached hydrogens (tertiary/aromatic N) is 2. The summed E-state index contributed by atoms with van der Waals surface area (Å²) >= 11 is 0. The van der Waals surface area contributed by atoms with Crippen molar-refractivity contribution in [1.29, 1.82) is 0 Å². The molecule has 0 bridgehead atoms. The van der Waals surface area contributed by atoms with Gasteiger partial charge < -0.3 is 9.84 Å². The van der Waals surface area contributed by atoms with Crippen LogP contribution in [0, 0.1) is 12.7 Å². The molecule has 0 radical (unpaired) electrons. The van der Waals surface area contributed by atoms with E-state index in [-0.39, 0.29) is 22.9 Å². The fraction of sp³-hybridized carbons (Fsp3) is 0.214. The van der Waals surface area contributed by atoms with Crippen molar-refractivity contribution in [3.63, 3.8) is 0 Å². The predicted octanol–water partition coefficient (Wildman–Crippen LogP) is 2.98. The minimum absolute atomic E-state index is 0.0407. The normalized spacial score (nSPS) is 10.3. The van der Waals surface area contributed by atoms with Crippen molar-refractivity contribution >= 4 is 5.97 Å². The number of hydrogen-bond acceptors (Lipinski definition) is 4. The van der Waals surface area contributed by atoms with Crippen LogP contribution in [0.2, 0.25) is 0 Å². The Morgan fingerprint density at radius 1 is 1.40 bits per heavy atom. The van der Waals surface area contributed by atoms with Crippen molar-refractivity contribution in [2.75, 3.05) is 0 Å². The number of benzene rings is 1. The van der Waals surface area contributed by atoms with Crippen molar-refractivity contribution in [3.8, 4) is 11.6 Å². The summed E-state index contributed by atoms with van der Waals surface area (Å²) in [6, 6.07) is 4.62. The minimum Gasteiger partial charge on any atom is -0.478 e. The number of aryl methyl sites for hydroxylation is 2.